The molecule has 8 aromatic rings. The summed E-state index contributed by atoms with van der Waals surface area (Å²) >= 11 is 5.83. The van der Waals surface area contributed by atoms with E-state index in [4.69, 9.17) is 41.3 Å². The molecule has 0 radical (unpaired) electrons. The second kappa shape index (κ2) is 20.9. The highest BCUT2D eigenvalue weighted by Crippen LogP contribution is 2.39. The number of rotatable bonds is 8. The first kappa shape index (κ1) is 45.6. The van der Waals surface area contributed by atoms with Gasteiger partial charge >= 0.3 is 0 Å². The van der Waals surface area contributed by atoms with E-state index in [2.05, 4.69) is 64.3 Å². The van der Waals surface area contributed by atoms with Gasteiger partial charge in [-0.3, -0.25) is 9.97 Å². The van der Waals surface area contributed by atoms with Crippen LogP contribution in [0.15, 0.2) is 146 Å². The third-order valence-corrected chi connectivity index (χ3v) is 11.5. The molecule has 0 bridgehead atoms. The number of anilines is 5. The number of nitrogens with two attached hydrogens (primary N) is 1. The van der Waals surface area contributed by atoms with E-state index in [0.29, 0.717) is 36.3 Å². The number of methoxy groups -OCH3 is 2. The van der Waals surface area contributed by atoms with Crippen molar-refractivity contribution in [3.8, 4) is 45.3 Å². The molecular formula is C52H51ClN10O4. The van der Waals surface area contributed by atoms with Gasteiger partial charge in [0.1, 0.15) is 24.7 Å². The Bertz CT molecular complexity index is 2950. The van der Waals surface area contributed by atoms with Crippen LogP contribution in [0, 0.1) is 13.8 Å². The molecule has 4 aromatic heterocycles. The van der Waals surface area contributed by atoms with Crippen molar-refractivity contribution < 1.29 is 18.9 Å². The Labute approximate surface area is 395 Å². The average Bonchev–Trinajstić information content (AvgIpc) is 3.35. The highest BCUT2D eigenvalue weighted by Gasteiger charge is 2.29. The van der Waals surface area contributed by atoms with E-state index in [9.17, 15) is 0 Å². The van der Waals surface area contributed by atoms with Crippen molar-refractivity contribution >= 4 is 40.6 Å². The van der Waals surface area contributed by atoms with Gasteiger partial charge in [0.15, 0.2) is 23.1 Å². The molecule has 2 atom stereocenters. The smallest absolute Gasteiger partial charge is 0.229 e. The van der Waals surface area contributed by atoms with Gasteiger partial charge in [0.25, 0.3) is 0 Å². The first-order valence-electron chi connectivity index (χ1n) is 21.5. The van der Waals surface area contributed by atoms with Crippen LogP contribution in [0.3, 0.4) is 0 Å². The van der Waals surface area contributed by atoms with Crippen molar-refractivity contribution in [2.24, 2.45) is 0 Å². The minimum Gasteiger partial charge on any atom is -0.496 e. The summed E-state index contributed by atoms with van der Waals surface area (Å²) in [6.45, 7) is 5.07. The van der Waals surface area contributed by atoms with Crippen LogP contribution in [0.5, 0.6) is 23.0 Å². The van der Waals surface area contributed by atoms with Crippen molar-refractivity contribution in [1.82, 2.24) is 29.9 Å². The van der Waals surface area contributed by atoms with Crippen LogP contribution in [0.1, 0.15) is 34.6 Å². The zero-order chi connectivity index (χ0) is 46.9. The number of nitrogens with zero attached hydrogens (tertiary/aromatic N) is 8. The predicted molar refractivity (Wildman–Crippen MR) is 265 cm³/mol. The van der Waals surface area contributed by atoms with E-state index >= 15 is 0 Å². The van der Waals surface area contributed by atoms with Crippen LogP contribution >= 0.6 is 11.6 Å². The van der Waals surface area contributed by atoms with Gasteiger partial charge in [-0.2, -0.15) is 9.97 Å². The van der Waals surface area contributed by atoms with E-state index in [1.807, 2.05) is 125 Å². The highest BCUT2D eigenvalue weighted by molar-refractivity contribution is 6.28. The maximum atomic E-state index is 5.96. The van der Waals surface area contributed by atoms with Crippen molar-refractivity contribution in [3.05, 3.63) is 174 Å². The third-order valence-electron chi connectivity index (χ3n) is 11.3. The number of likely N-dealkylation sites (N-methyl/N-ethyl adjacent to an activating group) is 2. The quantitative estimate of drug-likeness (QED) is 0.110. The molecule has 340 valence electrons. The molecule has 0 unspecified atom stereocenters. The standard InChI is InChI=1S/C26H25N5O2.C13H12ClN3O.C13H14N2O/c1-17-13-19(11-12-27-17)21-10-9-20(14-23(21)32-3)29-26-28-15-24-25(30-26)31(2)22(16-33-24)18-7-5-4-6-8-18;1-17-10(9-5-3-2-4-6-9)8-18-11-7-15-13(14)16-12(11)17;1-9-7-10(5-6-15-9)12-4-3-11(14)8-13(12)16-2/h4-15,22H,16H2,1-3H3,(H,28,29,30);2-7,10H,8H2,1H3;3-8H,14H2,1-2H3/t22-;10-;/m00./s1. The summed E-state index contributed by atoms with van der Waals surface area (Å²) in [4.78, 5) is 30.0. The number of nitrogens with one attached hydrogen (secondary N) is 1. The molecule has 6 heterocycles. The van der Waals surface area contributed by atoms with Crippen LogP contribution < -0.4 is 39.8 Å². The summed E-state index contributed by atoms with van der Waals surface area (Å²) in [6, 6.07) is 40.3. The number of ether oxygens (including phenoxy) is 4. The molecule has 0 spiro atoms. The van der Waals surface area contributed by atoms with Gasteiger partial charge in [0, 0.05) is 72.5 Å². The fourth-order valence-electron chi connectivity index (χ4n) is 7.83. The summed E-state index contributed by atoms with van der Waals surface area (Å²) in [6.07, 6.45) is 6.93. The van der Waals surface area contributed by atoms with Crippen molar-refractivity contribution in [3.63, 3.8) is 0 Å². The molecule has 0 saturated heterocycles. The van der Waals surface area contributed by atoms with Crippen LogP contribution in [0.25, 0.3) is 22.3 Å². The maximum Gasteiger partial charge on any atom is 0.229 e. The fraction of sp³-hybridized carbons (Fsp3) is 0.192. The first-order valence-corrected chi connectivity index (χ1v) is 21.9. The molecule has 2 aliphatic rings. The van der Waals surface area contributed by atoms with Crippen LogP contribution in [0.2, 0.25) is 5.28 Å². The number of aryl methyl sites for hydroxylation is 2. The average molecular weight is 915 g/mol. The van der Waals surface area contributed by atoms with Gasteiger partial charge in [0.05, 0.1) is 38.7 Å². The van der Waals surface area contributed by atoms with E-state index in [1.165, 1.54) is 11.1 Å². The molecule has 0 amide bonds. The Balaban J connectivity index is 0.000000150. The molecule has 10 rings (SSSR count). The lowest BCUT2D eigenvalue weighted by atomic mass is 10.0. The van der Waals surface area contributed by atoms with Crippen molar-refractivity contribution in [2.45, 2.75) is 25.9 Å². The fourth-order valence-corrected chi connectivity index (χ4v) is 7.96. The molecule has 2 aliphatic heterocycles. The lowest BCUT2D eigenvalue weighted by Gasteiger charge is -2.34. The Morgan fingerprint density at radius 2 is 1.12 bits per heavy atom. The minimum absolute atomic E-state index is 0.0876. The van der Waals surface area contributed by atoms with E-state index in [-0.39, 0.29) is 17.4 Å². The molecule has 3 N–H and O–H groups in total. The second-order valence-corrected chi connectivity index (χ2v) is 16.1. The van der Waals surface area contributed by atoms with Crippen molar-refractivity contribution in [1.29, 1.82) is 0 Å². The molecule has 0 fully saturated rings. The highest BCUT2D eigenvalue weighted by atomic mass is 35.5. The van der Waals surface area contributed by atoms with Gasteiger partial charge in [-0.1, -0.05) is 60.7 Å². The van der Waals surface area contributed by atoms with E-state index in [0.717, 1.165) is 62.5 Å². The normalized spacial score (nSPS) is 14.6. The first-order chi connectivity index (χ1) is 32.6. The number of hydrogen-bond donors (Lipinski definition) is 2. The van der Waals surface area contributed by atoms with Gasteiger partial charge in [0.2, 0.25) is 11.2 Å². The second-order valence-electron chi connectivity index (χ2n) is 15.8. The van der Waals surface area contributed by atoms with Crippen LogP contribution in [-0.4, -0.2) is 71.4 Å². The summed E-state index contributed by atoms with van der Waals surface area (Å²) in [5.74, 6) is 4.87. The molecule has 0 aliphatic carbocycles. The van der Waals surface area contributed by atoms with Crippen LogP contribution in [-0.2, 0) is 0 Å². The topological polar surface area (TPSA) is 159 Å². The SMILES string of the molecule is CN1c2nc(Cl)ncc2OC[C@H]1c1ccccc1.COc1cc(N)ccc1-c1ccnc(C)c1.COc1cc(Nc2ncc3c(n2)N(C)[C@H](c2ccccc2)CO3)ccc1-c1ccnc(C)c1. The lowest BCUT2D eigenvalue weighted by molar-refractivity contribution is 0.265. The van der Waals surface area contributed by atoms with E-state index < -0.39 is 0 Å². The molecule has 15 heteroatoms. The van der Waals surface area contributed by atoms with Gasteiger partial charge in [-0.15, -0.1) is 0 Å². The molecule has 67 heavy (non-hydrogen) atoms. The summed E-state index contributed by atoms with van der Waals surface area (Å²) < 4.78 is 22.6. The number of aromatic nitrogens is 6. The van der Waals surface area contributed by atoms with Gasteiger partial charge < -0.3 is 39.8 Å². The third kappa shape index (κ3) is 10.8. The number of nitrogen functional groups attached to an aromatic ring is 1. The Morgan fingerprint density at radius 1 is 0.612 bits per heavy atom. The zero-order valence-corrected chi connectivity index (χ0v) is 38.8. The number of fused-ring (bicyclic) bond motifs is 2. The zero-order valence-electron chi connectivity index (χ0n) is 38.1. The molecule has 0 saturated carbocycles. The Morgan fingerprint density at radius 3 is 1.66 bits per heavy atom. The lowest BCUT2D eigenvalue weighted by Crippen LogP contribution is -2.34. The van der Waals surface area contributed by atoms with Crippen molar-refractivity contribution in [2.75, 3.05) is 62.4 Å². The summed E-state index contributed by atoms with van der Waals surface area (Å²) in [7, 11) is 7.33. The van der Waals surface area contributed by atoms with E-state index in [1.54, 1.807) is 39.0 Å². The number of pyridine rings is 2. The Hall–Kier alpha value is -7.97. The molecule has 4 aromatic carbocycles. The largest absolute Gasteiger partial charge is 0.496 e. The number of halogens is 1. The van der Waals surface area contributed by atoms with Gasteiger partial charge in [-0.25, -0.2) is 9.97 Å². The molecule has 14 nitrogen and oxygen atoms in total. The maximum absolute atomic E-state index is 5.96. The van der Waals surface area contributed by atoms with Crippen LogP contribution in [0.4, 0.5) is 29.0 Å². The summed E-state index contributed by atoms with van der Waals surface area (Å²) in [5.41, 5.74) is 15.7. The monoisotopic (exact) mass is 914 g/mol. The number of benzene rings is 4. The predicted octanol–water partition coefficient (Wildman–Crippen LogP) is 10.5. The Kier molecular flexibility index (Phi) is 14.2. The summed E-state index contributed by atoms with van der Waals surface area (Å²) in [5, 5.41) is 3.53. The minimum atomic E-state index is 0.0876. The molecular weight excluding hydrogens is 864 g/mol. The number of hydrogen-bond acceptors (Lipinski definition) is 14. The van der Waals surface area contributed by atoms with Gasteiger partial charge in [-0.05, 0) is 96.2 Å².